The number of nitrogens with zero attached hydrogens (tertiary/aromatic N) is 5. The van der Waals surface area contributed by atoms with Crippen molar-refractivity contribution in [2.45, 2.75) is 82.5 Å². The maximum atomic E-state index is 14.1. The fraction of sp³-hybridized carbons (Fsp3) is 0.472. The zero-order valence-corrected chi connectivity index (χ0v) is 30.7. The zero-order valence-electron chi connectivity index (χ0n) is 29.1. The van der Waals surface area contributed by atoms with Crippen LogP contribution in [0.4, 0.5) is 4.79 Å². The number of benzene rings is 2. The standard InChI is InChI=1S/C36H46N6O7S2/c1-24(2)34(42-22-33(44)41(36(42)46)20-29-23-50-25(3)38-29)35(45)39-31(17-26-9-5-4-6-10-26)32(43)21-40(19-28-11-7-8-12-28)51(48,49)30-15-13-27(14-16-30)18-37-47/h4-6,9-10,13-16,18,23-24,28,31-32,34,43,47H,7-8,11-12,17,19-22H2,1-3H3,(H,39,45)/b37-18+/t31-,32+,34-/m0/s1. The Morgan fingerprint density at radius 3 is 2.41 bits per heavy atom. The summed E-state index contributed by atoms with van der Waals surface area (Å²) in [6, 6.07) is 12.6. The molecule has 0 unspecified atom stereocenters. The number of hydrogen-bond acceptors (Lipinski definition) is 10. The molecule has 15 heteroatoms. The fourth-order valence-electron chi connectivity index (χ4n) is 6.83. The topological polar surface area (TPSA) is 173 Å². The van der Waals surface area contributed by atoms with Gasteiger partial charge in [0.15, 0.2) is 0 Å². The van der Waals surface area contributed by atoms with Gasteiger partial charge in [-0.25, -0.2) is 18.2 Å². The summed E-state index contributed by atoms with van der Waals surface area (Å²) in [5.41, 5.74) is 1.92. The summed E-state index contributed by atoms with van der Waals surface area (Å²) < 4.78 is 29.5. The van der Waals surface area contributed by atoms with Crippen molar-refractivity contribution in [3.63, 3.8) is 0 Å². The van der Waals surface area contributed by atoms with E-state index in [1.54, 1.807) is 19.2 Å². The Balaban J connectivity index is 1.39. The Morgan fingerprint density at radius 1 is 1.12 bits per heavy atom. The summed E-state index contributed by atoms with van der Waals surface area (Å²) in [6.45, 7) is 5.05. The van der Waals surface area contributed by atoms with Crippen LogP contribution in [0.15, 0.2) is 70.0 Å². The van der Waals surface area contributed by atoms with Crippen LogP contribution < -0.4 is 5.32 Å². The van der Waals surface area contributed by atoms with Crippen molar-refractivity contribution in [3.05, 3.63) is 81.8 Å². The molecule has 2 aromatic carbocycles. The molecule has 3 N–H and O–H groups in total. The summed E-state index contributed by atoms with van der Waals surface area (Å²) in [5, 5.41) is 29.3. The highest BCUT2D eigenvalue weighted by Crippen LogP contribution is 2.29. The molecule has 0 spiro atoms. The number of amides is 4. The molecule has 4 amide bonds. The summed E-state index contributed by atoms with van der Waals surface area (Å²) in [5.74, 6) is -1.26. The van der Waals surface area contributed by atoms with Crippen molar-refractivity contribution in [1.82, 2.24) is 24.4 Å². The molecule has 3 atom stereocenters. The quantitative estimate of drug-likeness (QED) is 0.0856. The number of rotatable bonds is 16. The van der Waals surface area contributed by atoms with Gasteiger partial charge < -0.3 is 20.5 Å². The maximum Gasteiger partial charge on any atom is 0.328 e. The summed E-state index contributed by atoms with van der Waals surface area (Å²) in [7, 11) is -4.08. The van der Waals surface area contributed by atoms with Gasteiger partial charge in [0.1, 0.15) is 12.6 Å². The summed E-state index contributed by atoms with van der Waals surface area (Å²) in [6.07, 6.45) is 3.79. The van der Waals surface area contributed by atoms with Crippen molar-refractivity contribution in [3.8, 4) is 0 Å². The zero-order chi connectivity index (χ0) is 36.7. The summed E-state index contributed by atoms with van der Waals surface area (Å²) >= 11 is 1.42. The monoisotopic (exact) mass is 738 g/mol. The second-order valence-corrected chi connectivity index (χ2v) is 16.6. The highest BCUT2D eigenvalue weighted by atomic mass is 32.2. The number of oxime groups is 1. The lowest BCUT2D eigenvalue weighted by Gasteiger charge is -2.34. The first kappa shape index (κ1) is 38.1. The van der Waals surface area contributed by atoms with Crippen molar-refractivity contribution in [2.24, 2.45) is 17.0 Å². The molecular weight excluding hydrogens is 693 g/mol. The number of aliphatic hydroxyl groups is 1. The minimum atomic E-state index is -4.08. The number of nitrogens with one attached hydrogen (secondary N) is 1. The van der Waals surface area contributed by atoms with Crippen LogP contribution in [0.5, 0.6) is 0 Å². The van der Waals surface area contributed by atoms with Crippen molar-refractivity contribution >= 4 is 45.4 Å². The average molecular weight is 739 g/mol. The highest BCUT2D eigenvalue weighted by molar-refractivity contribution is 7.89. The van der Waals surface area contributed by atoms with Gasteiger partial charge in [0.2, 0.25) is 15.9 Å². The smallest absolute Gasteiger partial charge is 0.328 e. The number of urea groups is 1. The number of hydrogen-bond donors (Lipinski definition) is 3. The van der Waals surface area contributed by atoms with Crippen LogP contribution in [0.1, 0.15) is 61.4 Å². The van der Waals surface area contributed by atoms with E-state index < -0.39 is 52.0 Å². The van der Waals surface area contributed by atoms with E-state index in [1.165, 1.54) is 51.0 Å². The summed E-state index contributed by atoms with van der Waals surface area (Å²) in [4.78, 5) is 47.5. The van der Waals surface area contributed by atoms with Crippen LogP contribution in [0.2, 0.25) is 0 Å². The van der Waals surface area contributed by atoms with Crippen LogP contribution in [0.25, 0.3) is 0 Å². The first-order valence-corrected chi connectivity index (χ1v) is 19.5. The predicted molar refractivity (Wildman–Crippen MR) is 193 cm³/mol. The van der Waals surface area contributed by atoms with Gasteiger partial charge >= 0.3 is 6.03 Å². The van der Waals surface area contributed by atoms with Crippen LogP contribution in [0.3, 0.4) is 0 Å². The van der Waals surface area contributed by atoms with Crippen LogP contribution in [-0.2, 0) is 32.6 Å². The molecule has 51 heavy (non-hydrogen) atoms. The molecule has 2 fully saturated rings. The maximum absolute atomic E-state index is 14.1. The molecule has 2 aliphatic rings. The number of aryl methyl sites for hydroxylation is 1. The minimum Gasteiger partial charge on any atom is -0.411 e. The molecule has 2 heterocycles. The molecule has 1 saturated carbocycles. The number of aliphatic hydroxyl groups excluding tert-OH is 1. The highest BCUT2D eigenvalue weighted by Gasteiger charge is 2.44. The molecule has 1 saturated heterocycles. The molecule has 1 aliphatic carbocycles. The lowest BCUT2D eigenvalue weighted by molar-refractivity contribution is -0.129. The average Bonchev–Trinajstić information content (AvgIpc) is 3.83. The lowest BCUT2D eigenvalue weighted by atomic mass is 9.97. The Bertz CT molecular complexity index is 1790. The molecule has 5 rings (SSSR count). The molecule has 1 aliphatic heterocycles. The molecule has 0 radical (unpaired) electrons. The third-order valence-corrected chi connectivity index (χ3v) is 12.1. The number of thiazole rings is 1. The van der Waals surface area contributed by atoms with Crippen molar-refractivity contribution in [2.75, 3.05) is 19.6 Å². The van der Waals surface area contributed by atoms with Crippen molar-refractivity contribution in [1.29, 1.82) is 0 Å². The number of sulfonamides is 1. The van der Waals surface area contributed by atoms with E-state index in [1.807, 2.05) is 37.3 Å². The van der Waals surface area contributed by atoms with E-state index in [4.69, 9.17) is 5.21 Å². The van der Waals surface area contributed by atoms with Gasteiger partial charge in [-0.15, -0.1) is 11.3 Å². The number of imide groups is 1. The number of aromatic nitrogens is 1. The second kappa shape index (κ2) is 16.9. The van der Waals surface area contributed by atoms with E-state index in [2.05, 4.69) is 15.5 Å². The van der Waals surface area contributed by atoms with E-state index in [9.17, 15) is 27.9 Å². The predicted octanol–water partition coefficient (Wildman–Crippen LogP) is 4.02. The van der Waals surface area contributed by atoms with Gasteiger partial charge in [0.25, 0.3) is 5.91 Å². The molecule has 3 aromatic rings. The molecule has 13 nitrogen and oxygen atoms in total. The second-order valence-electron chi connectivity index (χ2n) is 13.6. The minimum absolute atomic E-state index is 0.00331. The van der Waals surface area contributed by atoms with Crippen molar-refractivity contribution < 1.29 is 33.1 Å². The Labute approximate surface area is 303 Å². The van der Waals surface area contributed by atoms with Gasteiger partial charge in [-0.05, 0) is 61.3 Å². The van der Waals surface area contributed by atoms with Gasteiger partial charge in [-0.3, -0.25) is 14.5 Å². The Morgan fingerprint density at radius 2 is 1.80 bits per heavy atom. The fourth-order valence-corrected chi connectivity index (χ4v) is 8.97. The lowest BCUT2D eigenvalue weighted by Crippen LogP contribution is -2.57. The Hall–Kier alpha value is -4.18. The van der Waals surface area contributed by atoms with E-state index in [-0.39, 0.29) is 43.4 Å². The molecular formula is C36H46N6O7S2. The number of carbonyl (C=O) groups is 3. The third kappa shape index (κ3) is 9.39. The van der Waals surface area contributed by atoms with E-state index >= 15 is 0 Å². The van der Waals surface area contributed by atoms with E-state index in [0.29, 0.717) is 11.3 Å². The normalized spacial score (nSPS) is 17.6. The molecule has 1 aromatic heterocycles. The van der Waals surface area contributed by atoms with E-state index in [0.717, 1.165) is 41.2 Å². The Kier molecular flexibility index (Phi) is 12.6. The van der Waals surface area contributed by atoms with Gasteiger partial charge in [0.05, 0.1) is 40.5 Å². The van der Waals surface area contributed by atoms with Gasteiger partial charge in [-0.2, -0.15) is 4.31 Å². The molecule has 274 valence electrons. The molecule has 0 bridgehead atoms. The van der Waals surface area contributed by atoms with Crippen LogP contribution in [-0.4, -0.2) is 99.7 Å². The largest absolute Gasteiger partial charge is 0.411 e. The number of carbonyl (C=O) groups excluding carboxylic acids is 3. The van der Waals surface area contributed by atoms with Crippen LogP contribution in [0, 0.1) is 18.8 Å². The first-order chi connectivity index (χ1) is 24.4. The van der Waals surface area contributed by atoms with Crippen LogP contribution >= 0.6 is 11.3 Å². The third-order valence-electron chi connectivity index (χ3n) is 9.45. The SMILES string of the molecule is Cc1nc(CN2C(=O)CN([C@H](C(=O)N[C@@H](Cc3ccccc3)[C@H](O)CN(CC3CCCC3)S(=O)(=O)c3ccc(/C=N/O)cc3)C(C)C)C2=O)cs1. The van der Waals surface area contributed by atoms with Gasteiger partial charge in [-0.1, -0.05) is 74.3 Å². The van der Waals surface area contributed by atoms with Gasteiger partial charge in [0, 0.05) is 18.5 Å². The first-order valence-electron chi connectivity index (χ1n) is 17.2.